The van der Waals surface area contributed by atoms with E-state index in [4.69, 9.17) is 10.1 Å². The molecule has 0 aliphatic heterocycles. The van der Waals surface area contributed by atoms with Gasteiger partial charge in [0.05, 0.1) is 7.05 Å². The molecule has 0 heterocycles. The molecule has 0 aromatic heterocycles. The number of ether oxygens (including phenoxy) is 1. The van der Waals surface area contributed by atoms with Gasteiger partial charge in [0.25, 0.3) is 5.84 Å². The van der Waals surface area contributed by atoms with Gasteiger partial charge in [0.2, 0.25) is 0 Å². The predicted octanol–water partition coefficient (Wildman–Crippen LogP) is 0.467. The molecule has 16 heavy (non-hydrogen) atoms. The molecule has 0 rings (SSSR count). The van der Waals surface area contributed by atoms with Gasteiger partial charge in [0.15, 0.2) is 0 Å². The number of hydrogen-bond acceptors (Lipinski definition) is 3. The number of amidine groups is 1. The summed E-state index contributed by atoms with van der Waals surface area (Å²) in [4.78, 5) is 12.9. The molecule has 0 saturated heterocycles. The molecule has 0 unspecified atom stereocenters. The third-order valence-corrected chi connectivity index (χ3v) is 2.18. The van der Waals surface area contributed by atoms with Crippen LogP contribution in [-0.4, -0.2) is 36.5 Å². The summed E-state index contributed by atoms with van der Waals surface area (Å²) in [6.07, 6.45) is 1.14. The number of likely N-dealkylation sites (N-methyl/N-ethyl adjacent to an activating group) is 1. The Hall–Kier alpha value is -1.04. The maximum absolute atomic E-state index is 11.6. The van der Waals surface area contributed by atoms with Crippen molar-refractivity contribution in [1.29, 1.82) is 0 Å². The van der Waals surface area contributed by atoms with Gasteiger partial charge >= 0.3 is 6.09 Å². The minimum Gasteiger partial charge on any atom is -0.426 e. The Bertz CT molecular complexity index is 308. The molecule has 5 nitrogen and oxygen atoms in total. The van der Waals surface area contributed by atoms with Crippen LogP contribution in [0.3, 0.4) is 0 Å². The van der Waals surface area contributed by atoms with Crippen molar-refractivity contribution < 1.29 is 14.9 Å². The van der Waals surface area contributed by atoms with E-state index in [0.717, 1.165) is 0 Å². The summed E-state index contributed by atoms with van der Waals surface area (Å²) >= 11 is 3.24. The molecule has 0 atom stereocenters. The lowest BCUT2D eigenvalue weighted by atomic mass is 10.2. The zero-order chi connectivity index (χ0) is 12.9. The van der Waals surface area contributed by atoms with Crippen molar-refractivity contribution in [2.45, 2.75) is 26.4 Å². The molecule has 92 valence electrons. The summed E-state index contributed by atoms with van der Waals surface area (Å²) in [7, 11) is 3.29. The van der Waals surface area contributed by atoms with Crippen molar-refractivity contribution in [2.24, 2.45) is 0 Å². The molecule has 0 spiro atoms. The van der Waals surface area contributed by atoms with Crippen LogP contribution >= 0.6 is 15.9 Å². The van der Waals surface area contributed by atoms with Crippen molar-refractivity contribution in [3.63, 3.8) is 0 Å². The molecular weight excluding hydrogens is 274 g/mol. The number of carbonyl (C=O) groups excluding carboxylic acids is 1. The molecule has 0 fully saturated rings. The van der Waals surface area contributed by atoms with Crippen molar-refractivity contribution >= 4 is 27.9 Å². The van der Waals surface area contributed by atoms with Crippen LogP contribution in [0.15, 0.2) is 10.7 Å². The second kappa shape index (κ2) is 5.89. The molecule has 0 aromatic rings. The van der Waals surface area contributed by atoms with E-state index in [-0.39, 0.29) is 5.84 Å². The molecule has 0 bridgehead atoms. The summed E-state index contributed by atoms with van der Waals surface area (Å²) in [5.41, 5.74) is -0.537. The number of hydrogen-bond donors (Lipinski definition) is 2. The van der Waals surface area contributed by atoms with Gasteiger partial charge in [0.1, 0.15) is 10.1 Å². The monoisotopic (exact) mass is 292 g/mol. The van der Waals surface area contributed by atoms with E-state index in [2.05, 4.69) is 21.2 Å². The van der Waals surface area contributed by atoms with Crippen LogP contribution in [0.5, 0.6) is 0 Å². The largest absolute Gasteiger partial charge is 0.507 e. The zero-order valence-corrected chi connectivity index (χ0v) is 11.9. The first-order valence-electron chi connectivity index (χ1n) is 4.81. The van der Waals surface area contributed by atoms with E-state index in [0.29, 0.717) is 4.48 Å². The highest BCUT2D eigenvalue weighted by Crippen LogP contribution is 2.12. The normalized spacial score (nSPS) is 12.0. The van der Waals surface area contributed by atoms with Gasteiger partial charge in [-0.15, -0.1) is 0 Å². The first-order valence-corrected chi connectivity index (χ1v) is 5.60. The SMILES string of the molecule is CN/C=C(/Br)C(=[NH2+])N(C)C(=O)OC(C)(C)C. The van der Waals surface area contributed by atoms with Crippen LogP contribution in [0.2, 0.25) is 0 Å². The molecule has 0 saturated carbocycles. The zero-order valence-electron chi connectivity index (χ0n) is 10.3. The number of amides is 1. The Morgan fingerprint density at radius 3 is 2.38 bits per heavy atom. The number of carbonyl (C=O) groups is 1. The number of halogens is 1. The van der Waals surface area contributed by atoms with E-state index < -0.39 is 11.7 Å². The predicted molar refractivity (Wildman–Crippen MR) is 67.0 cm³/mol. The fourth-order valence-electron chi connectivity index (χ4n) is 0.790. The average molecular weight is 293 g/mol. The molecule has 6 heteroatoms. The number of rotatable bonds is 2. The Kier molecular flexibility index (Phi) is 5.50. The number of nitrogens with one attached hydrogen (secondary N) is 1. The van der Waals surface area contributed by atoms with Crippen LogP contribution in [-0.2, 0) is 4.74 Å². The van der Waals surface area contributed by atoms with Crippen molar-refractivity contribution in [2.75, 3.05) is 14.1 Å². The lowest BCUT2D eigenvalue weighted by molar-refractivity contribution is -0.124. The van der Waals surface area contributed by atoms with Gasteiger partial charge in [-0.1, -0.05) is 0 Å². The van der Waals surface area contributed by atoms with E-state index in [1.807, 2.05) is 0 Å². The lowest BCUT2D eigenvalue weighted by Crippen LogP contribution is -2.53. The molecule has 0 radical (unpaired) electrons. The van der Waals surface area contributed by atoms with Crippen molar-refractivity contribution in [1.82, 2.24) is 10.2 Å². The van der Waals surface area contributed by atoms with Gasteiger partial charge < -0.3 is 10.1 Å². The third-order valence-electron chi connectivity index (χ3n) is 1.54. The lowest BCUT2D eigenvalue weighted by Gasteiger charge is -2.20. The van der Waals surface area contributed by atoms with Gasteiger partial charge in [-0.3, -0.25) is 5.41 Å². The maximum Gasteiger partial charge on any atom is 0.507 e. The Balaban J connectivity index is 4.57. The second-order valence-corrected chi connectivity index (χ2v) is 5.06. The molecule has 0 aliphatic rings. The Morgan fingerprint density at radius 1 is 1.50 bits per heavy atom. The quantitative estimate of drug-likeness (QED) is 0.574. The highest BCUT2D eigenvalue weighted by atomic mass is 79.9. The van der Waals surface area contributed by atoms with Crippen LogP contribution in [0, 0.1) is 0 Å². The fourth-order valence-corrected chi connectivity index (χ4v) is 1.28. The second-order valence-electron chi connectivity index (χ2n) is 4.21. The van der Waals surface area contributed by atoms with Gasteiger partial charge in [-0.25, -0.2) is 0 Å². The van der Waals surface area contributed by atoms with Crippen LogP contribution in [0.25, 0.3) is 0 Å². The highest BCUT2D eigenvalue weighted by Gasteiger charge is 2.29. The first-order chi connectivity index (χ1) is 7.19. The summed E-state index contributed by atoms with van der Waals surface area (Å²) in [6.45, 7) is 5.40. The number of nitrogens with two attached hydrogens (primary N) is 1. The Labute approximate surface area is 104 Å². The van der Waals surface area contributed by atoms with Crippen molar-refractivity contribution in [3.05, 3.63) is 10.7 Å². The van der Waals surface area contributed by atoms with Gasteiger partial charge in [-0.2, -0.15) is 9.69 Å². The van der Waals surface area contributed by atoms with E-state index in [1.54, 1.807) is 41.1 Å². The molecule has 3 N–H and O–H groups in total. The number of nitrogens with zero attached hydrogens (tertiary/aromatic N) is 1. The minimum absolute atomic E-state index is 0.281. The van der Waals surface area contributed by atoms with Crippen LogP contribution in [0.1, 0.15) is 20.8 Å². The molecule has 0 aliphatic carbocycles. The fraction of sp³-hybridized carbons (Fsp3) is 0.600. The van der Waals surface area contributed by atoms with Crippen LogP contribution in [0.4, 0.5) is 4.79 Å². The average Bonchev–Trinajstić information content (AvgIpc) is 2.13. The summed E-state index contributed by atoms with van der Waals surface area (Å²) in [5.74, 6) is 0.281. The first kappa shape index (κ1) is 15.0. The third kappa shape index (κ3) is 5.16. The Morgan fingerprint density at radius 2 is 2.00 bits per heavy atom. The topological polar surface area (TPSA) is 67.2 Å². The molecule has 1 amide bonds. The van der Waals surface area contributed by atoms with Gasteiger partial charge in [0, 0.05) is 13.2 Å². The van der Waals surface area contributed by atoms with E-state index in [9.17, 15) is 4.79 Å². The summed E-state index contributed by atoms with van der Waals surface area (Å²) in [5, 5.41) is 8.56. The summed E-state index contributed by atoms with van der Waals surface area (Å²) < 4.78 is 5.75. The molecular formula is C10H19BrN3O2+. The summed E-state index contributed by atoms with van der Waals surface area (Å²) in [6, 6.07) is 0. The highest BCUT2D eigenvalue weighted by molar-refractivity contribution is 9.12. The van der Waals surface area contributed by atoms with Gasteiger partial charge in [-0.05, 0) is 36.7 Å². The standard InChI is InChI=1S/C10H18BrN3O2/c1-10(2,3)16-9(15)14(5)8(12)7(11)6-13-4/h6,12-13H,1-5H3/p+1/b7-6+,12-8?. The smallest absolute Gasteiger partial charge is 0.426 e. The van der Waals surface area contributed by atoms with E-state index in [1.165, 1.54) is 4.90 Å². The molecule has 0 aromatic carbocycles. The minimum atomic E-state index is -0.537. The maximum atomic E-state index is 11.6. The van der Waals surface area contributed by atoms with Crippen LogP contribution < -0.4 is 10.7 Å². The van der Waals surface area contributed by atoms with E-state index >= 15 is 0 Å². The van der Waals surface area contributed by atoms with Crippen molar-refractivity contribution in [3.8, 4) is 0 Å².